The van der Waals surface area contributed by atoms with E-state index in [0.29, 0.717) is 6.54 Å². The van der Waals surface area contributed by atoms with E-state index in [2.05, 4.69) is 11.5 Å². The van der Waals surface area contributed by atoms with Gasteiger partial charge in [0.1, 0.15) is 5.82 Å². The summed E-state index contributed by atoms with van der Waals surface area (Å²) in [6.07, 6.45) is 8.19. The summed E-state index contributed by atoms with van der Waals surface area (Å²) >= 11 is 0. The van der Waals surface area contributed by atoms with E-state index in [0.717, 1.165) is 47.7 Å². The molecule has 1 aromatic heterocycles. The summed E-state index contributed by atoms with van der Waals surface area (Å²) in [7, 11) is 3.33. The van der Waals surface area contributed by atoms with Crippen LogP contribution < -0.4 is 15.2 Å². The first-order valence-corrected chi connectivity index (χ1v) is 9.06. The Balaban J connectivity index is 2.28. The highest BCUT2D eigenvalue weighted by Crippen LogP contribution is 2.32. The molecule has 2 rings (SSSR count). The topological polar surface area (TPSA) is 62.3 Å². The highest BCUT2D eigenvalue weighted by atomic mass is 16.5. The second-order valence-corrected chi connectivity index (χ2v) is 6.18. The Hall–Kier alpha value is -1.75. The van der Waals surface area contributed by atoms with Crippen LogP contribution in [0.15, 0.2) is 12.1 Å². The molecule has 0 aliphatic rings. The van der Waals surface area contributed by atoms with Crippen molar-refractivity contribution in [3.8, 4) is 11.5 Å². The molecule has 0 fully saturated rings. The number of methoxy groups -OCH3 is 2. The second kappa shape index (κ2) is 9.52. The number of hydrogen-bond acceptors (Lipinski definition) is 4. The number of nitrogens with zero attached hydrogens (tertiary/aromatic N) is 2. The fourth-order valence-electron chi connectivity index (χ4n) is 3.08. The summed E-state index contributed by atoms with van der Waals surface area (Å²) in [5.74, 6) is 2.59. The minimum absolute atomic E-state index is 0.687. The van der Waals surface area contributed by atoms with Crippen LogP contribution in [0.5, 0.6) is 11.5 Å². The number of ether oxygens (including phenoxy) is 2. The maximum absolute atomic E-state index is 5.69. The van der Waals surface area contributed by atoms with Crippen LogP contribution in [0.4, 0.5) is 0 Å². The van der Waals surface area contributed by atoms with Gasteiger partial charge in [-0.3, -0.25) is 0 Å². The van der Waals surface area contributed by atoms with E-state index >= 15 is 0 Å². The zero-order valence-corrected chi connectivity index (χ0v) is 15.3. The summed E-state index contributed by atoms with van der Waals surface area (Å²) in [6.45, 7) is 3.93. The third kappa shape index (κ3) is 4.41. The molecule has 5 heteroatoms. The van der Waals surface area contributed by atoms with Crippen molar-refractivity contribution in [3.05, 3.63) is 18.0 Å². The van der Waals surface area contributed by atoms with Crippen molar-refractivity contribution >= 4 is 11.0 Å². The van der Waals surface area contributed by atoms with Crippen molar-refractivity contribution in [2.75, 3.05) is 20.8 Å². The molecule has 0 saturated heterocycles. The minimum atomic E-state index is 0.687. The van der Waals surface area contributed by atoms with E-state index in [4.69, 9.17) is 20.2 Å². The summed E-state index contributed by atoms with van der Waals surface area (Å²) in [4.78, 5) is 4.82. The van der Waals surface area contributed by atoms with Gasteiger partial charge in [-0.1, -0.05) is 32.6 Å². The molecule has 1 heterocycles. The quantitative estimate of drug-likeness (QED) is 0.633. The standard InChI is InChI=1S/C19H31N3O2/c1-4-5-6-7-8-12-22-16-14-18(24-3)17(23-2)13-15(16)21-19(22)10-9-11-20/h13-14H,4-12,20H2,1-3H3. The van der Waals surface area contributed by atoms with Crippen LogP contribution in [0.3, 0.4) is 0 Å². The third-order valence-electron chi connectivity index (χ3n) is 4.42. The van der Waals surface area contributed by atoms with E-state index in [1.807, 2.05) is 12.1 Å². The lowest BCUT2D eigenvalue weighted by molar-refractivity contribution is 0.355. The average Bonchev–Trinajstić information content (AvgIpc) is 2.95. The fraction of sp³-hybridized carbons (Fsp3) is 0.632. The normalized spacial score (nSPS) is 11.2. The Morgan fingerprint density at radius 3 is 2.38 bits per heavy atom. The Bertz CT molecular complexity index is 637. The summed E-state index contributed by atoms with van der Waals surface area (Å²) in [5.41, 5.74) is 7.78. The number of nitrogens with two attached hydrogens (primary N) is 1. The highest BCUT2D eigenvalue weighted by Gasteiger charge is 2.14. The van der Waals surface area contributed by atoms with Crippen molar-refractivity contribution in [2.45, 2.75) is 58.4 Å². The van der Waals surface area contributed by atoms with E-state index in [9.17, 15) is 0 Å². The van der Waals surface area contributed by atoms with Gasteiger partial charge in [0.15, 0.2) is 11.5 Å². The first-order valence-electron chi connectivity index (χ1n) is 9.06. The molecule has 0 aliphatic heterocycles. The molecule has 2 aromatic rings. The number of aromatic nitrogens is 2. The average molecular weight is 333 g/mol. The zero-order valence-electron chi connectivity index (χ0n) is 15.3. The molecule has 0 atom stereocenters. The van der Waals surface area contributed by atoms with Crippen LogP contribution in [0.25, 0.3) is 11.0 Å². The van der Waals surface area contributed by atoms with Gasteiger partial charge in [0, 0.05) is 25.1 Å². The lowest BCUT2D eigenvalue weighted by Crippen LogP contribution is -2.07. The van der Waals surface area contributed by atoms with E-state index in [1.54, 1.807) is 14.2 Å². The molecule has 0 aliphatic carbocycles. The lowest BCUT2D eigenvalue weighted by Gasteiger charge is -2.11. The fourth-order valence-corrected chi connectivity index (χ4v) is 3.08. The first-order chi connectivity index (χ1) is 11.7. The van der Waals surface area contributed by atoms with E-state index in [1.165, 1.54) is 32.1 Å². The van der Waals surface area contributed by atoms with Gasteiger partial charge in [0.2, 0.25) is 0 Å². The molecule has 0 amide bonds. The molecule has 0 radical (unpaired) electrons. The monoisotopic (exact) mass is 333 g/mol. The van der Waals surface area contributed by atoms with Crippen molar-refractivity contribution in [1.82, 2.24) is 9.55 Å². The Morgan fingerprint density at radius 2 is 1.71 bits per heavy atom. The number of rotatable bonds is 11. The van der Waals surface area contributed by atoms with Crippen molar-refractivity contribution in [2.24, 2.45) is 5.73 Å². The molecular formula is C19H31N3O2. The van der Waals surface area contributed by atoms with Gasteiger partial charge in [-0.15, -0.1) is 0 Å². The van der Waals surface area contributed by atoms with Gasteiger partial charge in [-0.25, -0.2) is 4.98 Å². The molecule has 1 aromatic carbocycles. The zero-order chi connectivity index (χ0) is 17.4. The number of fused-ring (bicyclic) bond motifs is 1. The Morgan fingerprint density at radius 1 is 1.00 bits per heavy atom. The van der Waals surface area contributed by atoms with Gasteiger partial charge >= 0.3 is 0 Å². The van der Waals surface area contributed by atoms with Crippen LogP contribution in [0.1, 0.15) is 51.3 Å². The maximum atomic E-state index is 5.69. The molecule has 134 valence electrons. The predicted molar refractivity (Wildman–Crippen MR) is 99.0 cm³/mol. The molecule has 24 heavy (non-hydrogen) atoms. The van der Waals surface area contributed by atoms with Gasteiger partial charge in [-0.05, 0) is 19.4 Å². The molecule has 5 nitrogen and oxygen atoms in total. The van der Waals surface area contributed by atoms with Crippen molar-refractivity contribution in [1.29, 1.82) is 0 Å². The Kier molecular flexibility index (Phi) is 7.37. The second-order valence-electron chi connectivity index (χ2n) is 6.18. The van der Waals surface area contributed by atoms with Gasteiger partial charge in [-0.2, -0.15) is 0 Å². The largest absolute Gasteiger partial charge is 0.493 e. The van der Waals surface area contributed by atoms with Crippen LogP contribution in [-0.4, -0.2) is 30.3 Å². The van der Waals surface area contributed by atoms with Crippen LogP contribution in [-0.2, 0) is 13.0 Å². The van der Waals surface area contributed by atoms with Crippen LogP contribution in [0.2, 0.25) is 0 Å². The van der Waals surface area contributed by atoms with E-state index < -0.39 is 0 Å². The number of benzene rings is 1. The minimum Gasteiger partial charge on any atom is -0.493 e. The maximum Gasteiger partial charge on any atom is 0.163 e. The van der Waals surface area contributed by atoms with Gasteiger partial charge < -0.3 is 19.8 Å². The molecule has 0 saturated carbocycles. The van der Waals surface area contributed by atoms with Crippen molar-refractivity contribution in [3.63, 3.8) is 0 Å². The number of aryl methyl sites for hydroxylation is 2. The van der Waals surface area contributed by atoms with Crippen LogP contribution >= 0.6 is 0 Å². The molecule has 0 unspecified atom stereocenters. The molecule has 0 spiro atoms. The molecule has 0 bridgehead atoms. The van der Waals surface area contributed by atoms with Crippen LogP contribution in [0, 0.1) is 0 Å². The molecule has 2 N–H and O–H groups in total. The SMILES string of the molecule is CCCCCCCn1c(CCCN)nc2cc(OC)c(OC)cc21. The summed E-state index contributed by atoms with van der Waals surface area (Å²) in [5, 5.41) is 0. The Labute approximate surface area is 145 Å². The number of unbranched alkanes of at least 4 members (excludes halogenated alkanes) is 4. The predicted octanol–water partition coefficient (Wildman–Crippen LogP) is 3.92. The van der Waals surface area contributed by atoms with E-state index in [-0.39, 0.29) is 0 Å². The first kappa shape index (κ1) is 18.6. The molecular weight excluding hydrogens is 302 g/mol. The van der Waals surface area contributed by atoms with Crippen molar-refractivity contribution < 1.29 is 9.47 Å². The van der Waals surface area contributed by atoms with Gasteiger partial charge in [0.25, 0.3) is 0 Å². The number of imidazole rings is 1. The smallest absolute Gasteiger partial charge is 0.163 e. The third-order valence-corrected chi connectivity index (χ3v) is 4.42. The number of hydrogen-bond donors (Lipinski definition) is 1. The lowest BCUT2D eigenvalue weighted by atomic mass is 10.1. The summed E-state index contributed by atoms with van der Waals surface area (Å²) < 4.78 is 13.2. The summed E-state index contributed by atoms with van der Waals surface area (Å²) in [6, 6.07) is 4.01. The van der Waals surface area contributed by atoms with Gasteiger partial charge in [0.05, 0.1) is 25.3 Å². The highest BCUT2D eigenvalue weighted by molar-refractivity contribution is 5.80.